The van der Waals surface area contributed by atoms with Crippen molar-refractivity contribution in [3.63, 3.8) is 0 Å². The number of hydrogen-bond donors (Lipinski definition) is 1. The standard InChI is InChI=1S/C14H20N4/c1-2-4-12-6-8-14(9-7-12)18-11-13(16-17-18)5-3-10-15/h6-9,11H,2-5,10,15H2,1H3. The molecule has 0 atom stereocenters. The Morgan fingerprint density at radius 3 is 2.61 bits per heavy atom. The molecule has 1 heterocycles. The molecule has 0 aliphatic rings. The van der Waals surface area contributed by atoms with Crippen LogP contribution in [0.1, 0.15) is 31.0 Å². The van der Waals surface area contributed by atoms with Crippen molar-refractivity contribution in [3.8, 4) is 5.69 Å². The Kier molecular flexibility index (Phi) is 4.47. The normalized spacial score (nSPS) is 10.8. The zero-order valence-electron chi connectivity index (χ0n) is 10.8. The van der Waals surface area contributed by atoms with Gasteiger partial charge in [0.1, 0.15) is 0 Å². The number of nitrogens with zero attached hydrogens (tertiary/aromatic N) is 3. The first-order chi connectivity index (χ1) is 8.83. The monoisotopic (exact) mass is 244 g/mol. The molecule has 1 aromatic carbocycles. The summed E-state index contributed by atoms with van der Waals surface area (Å²) in [6.07, 6.45) is 6.12. The topological polar surface area (TPSA) is 56.7 Å². The van der Waals surface area contributed by atoms with Gasteiger partial charge in [-0.05, 0) is 43.5 Å². The van der Waals surface area contributed by atoms with Crippen LogP contribution in [0.5, 0.6) is 0 Å². The summed E-state index contributed by atoms with van der Waals surface area (Å²) in [7, 11) is 0. The van der Waals surface area contributed by atoms with E-state index in [2.05, 4.69) is 41.5 Å². The molecule has 0 amide bonds. The summed E-state index contributed by atoms with van der Waals surface area (Å²) >= 11 is 0. The lowest BCUT2D eigenvalue weighted by atomic mass is 10.1. The minimum atomic E-state index is 0.693. The minimum absolute atomic E-state index is 0.693. The van der Waals surface area contributed by atoms with E-state index in [-0.39, 0.29) is 0 Å². The molecule has 18 heavy (non-hydrogen) atoms. The molecule has 0 saturated heterocycles. The van der Waals surface area contributed by atoms with Crippen LogP contribution in [0.25, 0.3) is 5.69 Å². The maximum absolute atomic E-state index is 5.48. The lowest BCUT2D eigenvalue weighted by molar-refractivity contribution is 0.778. The number of rotatable bonds is 6. The fourth-order valence-electron chi connectivity index (χ4n) is 1.93. The molecular weight excluding hydrogens is 224 g/mol. The van der Waals surface area contributed by atoms with Gasteiger partial charge in [-0.1, -0.05) is 30.7 Å². The second kappa shape index (κ2) is 6.31. The van der Waals surface area contributed by atoms with Crippen LogP contribution in [0, 0.1) is 0 Å². The van der Waals surface area contributed by atoms with Crippen molar-refractivity contribution in [3.05, 3.63) is 41.7 Å². The van der Waals surface area contributed by atoms with Crippen molar-refractivity contribution in [2.75, 3.05) is 6.54 Å². The first kappa shape index (κ1) is 12.8. The molecule has 0 saturated carbocycles. The highest BCUT2D eigenvalue weighted by Gasteiger charge is 2.02. The Labute approximate surface area is 108 Å². The first-order valence-corrected chi connectivity index (χ1v) is 6.54. The molecule has 4 heteroatoms. The van der Waals surface area contributed by atoms with E-state index in [0.29, 0.717) is 6.54 Å². The van der Waals surface area contributed by atoms with E-state index in [4.69, 9.17) is 5.73 Å². The lowest BCUT2D eigenvalue weighted by Crippen LogP contribution is -2.00. The zero-order chi connectivity index (χ0) is 12.8. The quantitative estimate of drug-likeness (QED) is 0.846. The van der Waals surface area contributed by atoms with Gasteiger partial charge in [0.25, 0.3) is 0 Å². The summed E-state index contributed by atoms with van der Waals surface area (Å²) in [5, 5.41) is 8.29. The van der Waals surface area contributed by atoms with E-state index >= 15 is 0 Å². The third kappa shape index (κ3) is 3.17. The van der Waals surface area contributed by atoms with Gasteiger partial charge in [0.05, 0.1) is 17.6 Å². The van der Waals surface area contributed by atoms with E-state index in [9.17, 15) is 0 Å². The minimum Gasteiger partial charge on any atom is -0.330 e. The molecule has 0 aliphatic carbocycles. The summed E-state index contributed by atoms with van der Waals surface area (Å²) in [6.45, 7) is 2.88. The molecular formula is C14H20N4. The fourth-order valence-corrected chi connectivity index (χ4v) is 1.93. The zero-order valence-corrected chi connectivity index (χ0v) is 10.8. The fraction of sp³-hybridized carbons (Fsp3) is 0.429. The van der Waals surface area contributed by atoms with Crippen LogP contribution in [0.4, 0.5) is 0 Å². The van der Waals surface area contributed by atoms with Crippen LogP contribution in [0.15, 0.2) is 30.5 Å². The number of benzene rings is 1. The van der Waals surface area contributed by atoms with Crippen molar-refractivity contribution in [1.29, 1.82) is 0 Å². The van der Waals surface area contributed by atoms with E-state index < -0.39 is 0 Å². The molecule has 2 N–H and O–H groups in total. The highest BCUT2D eigenvalue weighted by atomic mass is 15.4. The number of aryl methyl sites for hydroxylation is 2. The molecule has 0 aliphatic heterocycles. The van der Waals surface area contributed by atoms with E-state index in [1.54, 1.807) is 0 Å². The van der Waals surface area contributed by atoms with Gasteiger partial charge in [-0.25, -0.2) is 4.68 Å². The molecule has 1 aromatic heterocycles. The summed E-state index contributed by atoms with van der Waals surface area (Å²) in [6, 6.07) is 8.49. The highest BCUT2D eigenvalue weighted by Crippen LogP contribution is 2.11. The van der Waals surface area contributed by atoms with Crippen LogP contribution in [0.2, 0.25) is 0 Å². The third-order valence-electron chi connectivity index (χ3n) is 2.92. The van der Waals surface area contributed by atoms with E-state index in [0.717, 1.165) is 30.6 Å². The van der Waals surface area contributed by atoms with Gasteiger partial charge in [-0.2, -0.15) is 0 Å². The molecule has 0 radical (unpaired) electrons. The van der Waals surface area contributed by atoms with Gasteiger partial charge in [0.15, 0.2) is 0 Å². The van der Waals surface area contributed by atoms with Crippen molar-refractivity contribution < 1.29 is 0 Å². The highest BCUT2D eigenvalue weighted by molar-refractivity contribution is 5.33. The Morgan fingerprint density at radius 2 is 1.94 bits per heavy atom. The Balaban J connectivity index is 2.08. The Hall–Kier alpha value is -1.68. The first-order valence-electron chi connectivity index (χ1n) is 6.54. The van der Waals surface area contributed by atoms with Crippen molar-refractivity contribution in [2.45, 2.75) is 32.6 Å². The van der Waals surface area contributed by atoms with Crippen LogP contribution < -0.4 is 5.73 Å². The molecule has 4 nitrogen and oxygen atoms in total. The smallest absolute Gasteiger partial charge is 0.0832 e. The molecule has 0 unspecified atom stereocenters. The number of hydrogen-bond acceptors (Lipinski definition) is 3. The van der Waals surface area contributed by atoms with Crippen molar-refractivity contribution in [1.82, 2.24) is 15.0 Å². The number of aromatic nitrogens is 3. The second-order valence-electron chi connectivity index (χ2n) is 4.46. The average molecular weight is 244 g/mol. The van der Waals surface area contributed by atoms with Gasteiger partial charge < -0.3 is 5.73 Å². The SMILES string of the molecule is CCCc1ccc(-n2cc(CCCN)nn2)cc1. The molecule has 0 spiro atoms. The second-order valence-corrected chi connectivity index (χ2v) is 4.46. The Morgan fingerprint density at radius 1 is 1.17 bits per heavy atom. The van der Waals surface area contributed by atoms with E-state index in [1.807, 2.05) is 10.9 Å². The van der Waals surface area contributed by atoms with Crippen LogP contribution in [0.3, 0.4) is 0 Å². The summed E-state index contributed by atoms with van der Waals surface area (Å²) < 4.78 is 1.82. The van der Waals surface area contributed by atoms with Gasteiger partial charge in [0, 0.05) is 0 Å². The molecule has 0 fully saturated rings. The van der Waals surface area contributed by atoms with Crippen LogP contribution >= 0.6 is 0 Å². The maximum Gasteiger partial charge on any atom is 0.0832 e. The summed E-state index contributed by atoms with van der Waals surface area (Å²) in [4.78, 5) is 0. The molecule has 2 rings (SSSR count). The maximum atomic E-state index is 5.48. The van der Waals surface area contributed by atoms with Gasteiger partial charge in [0.2, 0.25) is 0 Å². The molecule has 2 aromatic rings. The summed E-state index contributed by atoms with van der Waals surface area (Å²) in [5.41, 5.74) is 8.90. The van der Waals surface area contributed by atoms with Gasteiger partial charge in [-0.3, -0.25) is 0 Å². The van der Waals surface area contributed by atoms with Crippen LogP contribution in [-0.4, -0.2) is 21.5 Å². The number of nitrogens with two attached hydrogens (primary N) is 1. The predicted molar refractivity (Wildman–Crippen MR) is 72.7 cm³/mol. The third-order valence-corrected chi connectivity index (χ3v) is 2.92. The van der Waals surface area contributed by atoms with E-state index in [1.165, 1.54) is 12.0 Å². The molecule has 96 valence electrons. The predicted octanol–water partition coefficient (Wildman–Crippen LogP) is 2.11. The Bertz CT molecular complexity index is 473. The van der Waals surface area contributed by atoms with Crippen LogP contribution in [-0.2, 0) is 12.8 Å². The summed E-state index contributed by atoms with van der Waals surface area (Å²) in [5.74, 6) is 0. The average Bonchev–Trinajstić information content (AvgIpc) is 2.86. The largest absolute Gasteiger partial charge is 0.330 e. The molecule has 0 bridgehead atoms. The van der Waals surface area contributed by atoms with Crippen molar-refractivity contribution >= 4 is 0 Å². The van der Waals surface area contributed by atoms with Crippen molar-refractivity contribution in [2.24, 2.45) is 5.73 Å². The van der Waals surface area contributed by atoms with Gasteiger partial charge >= 0.3 is 0 Å². The lowest BCUT2D eigenvalue weighted by Gasteiger charge is -2.02. The van der Waals surface area contributed by atoms with Gasteiger partial charge in [-0.15, -0.1) is 5.10 Å².